The average Bonchev–Trinajstić information content (AvgIpc) is 0.791. The Kier molecular flexibility index (Phi) is 38.8. The van der Waals surface area contributed by atoms with E-state index >= 15 is 0 Å². The minimum atomic E-state index is -4.70. The van der Waals surface area contributed by atoms with Crippen LogP contribution >= 0.6 is 0 Å². The van der Waals surface area contributed by atoms with Gasteiger partial charge in [0.15, 0.2) is 0 Å². The third-order valence-corrected chi connectivity index (χ3v) is 19.7. The van der Waals surface area contributed by atoms with Crippen LogP contribution in [0.25, 0.3) is 0 Å². The first-order valence-electron chi connectivity index (χ1n) is 41.6. The second-order valence-corrected chi connectivity index (χ2v) is 35.2. The van der Waals surface area contributed by atoms with Crippen molar-refractivity contribution in [3.05, 3.63) is 245 Å². The molecule has 0 fully saturated rings. The van der Waals surface area contributed by atoms with Crippen LogP contribution in [0.1, 0.15) is 241 Å². The van der Waals surface area contributed by atoms with Crippen LogP contribution in [0.3, 0.4) is 0 Å². The van der Waals surface area contributed by atoms with E-state index in [0.29, 0.717) is 75.0 Å². The maximum absolute atomic E-state index is 13.5. The van der Waals surface area contributed by atoms with Crippen LogP contribution in [0.4, 0.5) is 39.5 Å². The topological polar surface area (TPSA) is 279 Å². The van der Waals surface area contributed by atoms with Crippen molar-refractivity contribution in [3.63, 3.8) is 0 Å². The quantitative estimate of drug-likeness (QED) is 0.0172. The van der Waals surface area contributed by atoms with Crippen molar-refractivity contribution >= 4 is 58.9 Å². The van der Waals surface area contributed by atoms with Crippen molar-refractivity contribution in [1.82, 2.24) is 47.9 Å². The van der Waals surface area contributed by atoms with Crippen LogP contribution in [0, 0.1) is 54.4 Å². The molecule has 0 bridgehead atoms. The molecule has 0 unspecified atom stereocenters. The third-order valence-electron chi connectivity index (χ3n) is 19.7. The first kappa shape index (κ1) is 103. The Morgan fingerprint density at radius 2 is 0.637 bits per heavy atom. The van der Waals surface area contributed by atoms with E-state index in [1.807, 2.05) is 172 Å². The fraction of sp³-hybridized carbons (Fsp3) is 0.458. The zero-order chi connectivity index (χ0) is 93.0. The highest BCUT2D eigenvalue weighted by atomic mass is 19.4. The van der Waals surface area contributed by atoms with E-state index in [0.717, 1.165) is 99.3 Å². The Bertz CT molecular complexity index is 4850. The van der Waals surface area contributed by atoms with Crippen molar-refractivity contribution in [3.8, 4) is 0 Å². The number of alkyl halides is 9. The predicted molar refractivity (Wildman–Crippen MR) is 464 cm³/mol. The summed E-state index contributed by atoms with van der Waals surface area (Å²) in [7, 11) is 0. The van der Waals surface area contributed by atoms with Gasteiger partial charge in [0.2, 0.25) is 35.4 Å². The number of hydrogen-bond donors (Lipinski definition) is 9. The number of nitrogens with one attached hydrogen (secondary N) is 9. The van der Waals surface area contributed by atoms with Gasteiger partial charge >= 0.3 is 18.5 Å². The second kappa shape index (κ2) is 46.5. The lowest BCUT2D eigenvalue weighted by Crippen LogP contribution is -2.53. The molecule has 0 aromatic heterocycles. The molecule has 0 heterocycles. The highest BCUT2D eigenvalue weighted by molar-refractivity contribution is 6.01. The largest absolute Gasteiger partial charge is 0.416 e. The van der Waals surface area contributed by atoms with Gasteiger partial charge in [0, 0.05) is 46.1 Å². The van der Waals surface area contributed by atoms with Crippen LogP contribution in [-0.2, 0) is 90.6 Å². The van der Waals surface area contributed by atoms with Crippen molar-refractivity contribution < 1.29 is 87.5 Å². The van der Waals surface area contributed by atoms with Crippen molar-refractivity contribution in [2.75, 3.05) is 19.6 Å². The van der Waals surface area contributed by atoms with E-state index < -0.39 is 125 Å². The molecule has 19 nitrogen and oxygen atoms in total. The molecule has 674 valence electrons. The molecule has 124 heavy (non-hydrogen) atoms. The SMILES string of the molecule is Cc1ccc(CCC[C@H](NC(=O)CNC(=O)c2cc(C(F)(F)F)ccc2C)C(=O)NC(C)(C)C)c(C)c1.Cc1ccc(CCC[C@H](NC(=O)CNC(=O)c2cc(C(F)(F)F)ccc2CC(=O)CC(C)C)C(=O)NC(C)(C)C)c(C)c1.Cc1ccc(CCC[C@H](NC(=O)CNC(=O)c2cc(C(F)(F)F)ccc2CCc2ccccc2)C(=O)NC(C)(C)C)c(C)c1. The Morgan fingerprint density at radius 1 is 0.331 bits per heavy atom. The molecular formula is C96H122F9N9O10. The fourth-order valence-corrected chi connectivity index (χ4v) is 13.6. The zero-order valence-electron chi connectivity index (χ0n) is 74.4. The fourth-order valence-electron chi connectivity index (χ4n) is 13.6. The van der Waals surface area contributed by atoms with Gasteiger partial charge in [-0.15, -0.1) is 0 Å². The summed E-state index contributed by atoms with van der Waals surface area (Å²) in [6.07, 6.45) is -7.93. The van der Waals surface area contributed by atoms with Gasteiger partial charge in [0.25, 0.3) is 17.7 Å². The molecule has 28 heteroatoms. The number of carbonyl (C=O) groups is 10. The molecule has 9 amide bonds. The molecule has 3 atom stereocenters. The Labute approximate surface area is 723 Å². The molecule has 7 aromatic carbocycles. The van der Waals surface area contributed by atoms with Gasteiger partial charge in [0.05, 0.1) is 36.3 Å². The van der Waals surface area contributed by atoms with Gasteiger partial charge in [0.1, 0.15) is 23.9 Å². The normalized spacial score (nSPS) is 12.5. The lowest BCUT2D eigenvalue weighted by atomic mass is 9.95. The van der Waals surface area contributed by atoms with Crippen molar-refractivity contribution in [2.24, 2.45) is 5.92 Å². The number of halogens is 9. The van der Waals surface area contributed by atoms with Crippen LogP contribution in [-0.4, -0.2) is 113 Å². The summed E-state index contributed by atoms with van der Waals surface area (Å²) < 4.78 is 120. The highest BCUT2D eigenvalue weighted by Crippen LogP contribution is 2.34. The molecule has 0 aliphatic heterocycles. The van der Waals surface area contributed by atoms with E-state index in [2.05, 4.69) is 78.2 Å². The minimum Gasteiger partial charge on any atom is -0.350 e. The predicted octanol–water partition coefficient (Wildman–Crippen LogP) is 16.7. The number of amides is 9. The van der Waals surface area contributed by atoms with E-state index in [1.54, 1.807) is 0 Å². The molecule has 0 saturated heterocycles. The monoisotopic (exact) mass is 1730 g/mol. The molecule has 0 saturated carbocycles. The summed E-state index contributed by atoms with van der Waals surface area (Å²) in [5, 5.41) is 23.8. The number of hydrogen-bond acceptors (Lipinski definition) is 10. The Balaban J connectivity index is 0.000000332. The van der Waals surface area contributed by atoms with Gasteiger partial charge in [-0.05, 0) is 279 Å². The summed E-state index contributed by atoms with van der Waals surface area (Å²) >= 11 is 0. The zero-order valence-corrected chi connectivity index (χ0v) is 74.4. The maximum atomic E-state index is 13.5. The standard InChI is InChI=1S/C35H42F3N3O3.C33H44F3N3O4.C28H36F3N3O3/c1-23-14-16-26(24(2)20-23)12-9-13-30(33(44)41-34(3,4)5)40-31(42)22-39-32(43)29-21-28(35(36,37)38)19-18-27(29)17-15-25-10-7-6-8-11-25;1-20(2)15-26(40)17-24-13-14-25(33(34,35)36)18-27(24)30(42)37-19-29(41)38-28(31(43)39-32(5,6)7)10-8-9-23-12-11-21(3)16-22(23)4;1-17-10-12-20(19(3)14-17)8-7-9-23(26(37)34-27(4,5)6)33-24(35)16-32-25(36)22-15-21(28(29,30)31)13-11-18(22)2/h6-8,10-11,14,16,18-21,30H,9,12-13,15,17,22H2,1-5H3,(H,39,43)(H,40,42)(H,41,44);11-14,16,18,20,28H,8-10,15,17,19H2,1-7H3,(H,37,42)(H,38,41)(H,39,43);10-15,23H,7-9,16H2,1-6H3,(H,32,36)(H,33,35)(H,34,37)/t30-;28-;23-/m000/s1. The second-order valence-electron chi connectivity index (χ2n) is 35.2. The first-order chi connectivity index (χ1) is 57.5. The highest BCUT2D eigenvalue weighted by Gasteiger charge is 2.36. The number of aryl methyl sites for hydroxylation is 12. The van der Waals surface area contributed by atoms with E-state index in [9.17, 15) is 87.5 Å². The van der Waals surface area contributed by atoms with Gasteiger partial charge in [-0.25, -0.2) is 0 Å². The van der Waals surface area contributed by atoms with E-state index in [1.165, 1.54) is 24.6 Å². The number of rotatable bonds is 34. The van der Waals surface area contributed by atoms with Gasteiger partial charge in [-0.3, -0.25) is 47.9 Å². The molecule has 0 spiro atoms. The number of benzene rings is 7. The summed E-state index contributed by atoms with van der Waals surface area (Å²) in [4.78, 5) is 128. The minimum absolute atomic E-state index is 0.0484. The van der Waals surface area contributed by atoms with Crippen molar-refractivity contribution in [2.45, 2.75) is 261 Å². The van der Waals surface area contributed by atoms with Gasteiger partial charge in [-0.2, -0.15) is 39.5 Å². The van der Waals surface area contributed by atoms with Crippen LogP contribution in [0.5, 0.6) is 0 Å². The number of Topliss-reactive ketones (excluding diaryl/α,β-unsaturated/α-hetero) is 1. The molecule has 9 N–H and O–H groups in total. The Morgan fingerprint density at radius 3 is 0.960 bits per heavy atom. The van der Waals surface area contributed by atoms with E-state index in [-0.39, 0.29) is 64.5 Å². The Hall–Kier alpha value is -11.2. The third kappa shape index (κ3) is 37.1. The molecule has 7 rings (SSSR count). The summed E-state index contributed by atoms with van der Waals surface area (Å²) in [5.41, 5.74) is 7.16. The molecule has 7 aromatic rings. The summed E-state index contributed by atoms with van der Waals surface area (Å²) in [5.74, 6) is -5.64. The smallest absolute Gasteiger partial charge is 0.350 e. The van der Waals surface area contributed by atoms with E-state index in [4.69, 9.17) is 0 Å². The van der Waals surface area contributed by atoms with Crippen LogP contribution < -0.4 is 47.9 Å². The lowest BCUT2D eigenvalue weighted by Gasteiger charge is -2.26. The molecule has 0 aliphatic carbocycles. The first-order valence-corrected chi connectivity index (χ1v) is 41.6. The average molecular weight is 1730 g/mol. The number of carbonyl (C=O) groups excluding carboxylic acids is 10. The van der Waals surface area contributed by atoms with Crippen LogP contribution in [0.2, 0.25) is 0 Å². The lowest BCUT2D eigenvalue weighted by molar-refractivity contribution is -0.138. The maximum Gasteiger partial charge on any atom is 0.416 e. The summed E-state index contributed by atoms with van der Waals surface area (Å²) in [6, 6.07) is 34.0. The molecular weight excluding hydrogens is 1610 g/mol. The van der Waals surface area contributed by atoms with Crippen LogP contribution in [0.15, 0.2) is 140 Å². The molecule has 0 radical (unpaired) electrons. The number of ketones is 1. The summed E-state index contributed by atoms with van der Waals surface area (Å²) in [6.45, 7) is 32.3. The van der Waals surface area contributed by atoms with Gasteiger partial charge in [-0.1, -0.05) is 134 Å². The van der Waals surface area contributed by atoms with Crippen molar-refractivity contribution in [1.29, 1.82) is 0 Å². The van der Waals surface area contributed by atoms with Gasteiger partial charge < -0.3 is 47.9 Å². The molecule has 0 aliphatic rings.